The SMILES string of the molecule is CCC(C)(C)C(=O)OC1(C)CC2CCC1C2.CCC(C)(C)C(=O)OC1(CC)CC2CC1C1C3CCC(C3)C21.CCC(C)(C)C(=O)OC1(CC)CC2CCC1C2. The highest BCUT2D eigenvalue weighted by Crippen LogP contribution is 2.71. The molecule has 8 rings (SSSR count). The van der Waals surface area contributed by atoms with Crippen LogP contribution in [0.5, 0.6) is 0 Å². The highest BCUT2D eigenvalue weighted by atomic mass is 16.6. The molecule has 0 radical (unpaired) electrons. The van der Waals surface area contributed by atoms with Gasteiger partial charge in [-0.1, -0.05) is 34.6 Å². The van der Waals surface area contributed by atoms with E-state index in [1.807, 2.05) is 48.5 Å². The lowest BCUT2D eigenvalue weighted by Gasteiger charge is -2.46. The summed E-state index contributed by atoms with van der Waals surface area (Å²) in [5.74, 6) is 8.28. The predicted molar refractivity (Wildman–Crippen MR) is 220 cm³/mol. The maximum atomic E-state index is 12.7. The monoisotopic (exact) mass is 767 g/mol. The molecule has 0 aromatic rings. The van der Waals surface area contributed by atoms with Gasteiger partial charge in [0.1, 0.15) is 16.8 Å². The molecule has 0 heterocycles. The Morgan fingerprint density at radius 1 is 0.509 bits per heavy atom. The third-order valence-corrected chi connectivity index (χ3v) is 18.3. The van der Waals surface area contributed by atoms with Gasteiger partial charge in [0.25, 0.3) is 0 Å². The van der Waals surface area contributed by atoms with Gasteiger partial charge < -0.3 is 14.2 Å². The fraction of sp³-hybridized carbons (Fsp3) is 0.939. The quantitative estimate of drug-likeness (QED) is 0.118. The summed E-state index contributed by atoms with van der Waals surface area (Å²) in [5.41, 5.74) is -1.40. The van der Waals surface area contributed by atoms with Crippen LogP contribution >= 0.6 is 0 Å². The summed E-state index contributed by atoms with van der Waals surface area (Å²) >= 11 is 0. The van der Waals surface area contributed by atoms with E-state index < -0.39 is 0 Å². The summed E-state index contributed by atoms with van der Waals surface area (Å²) in [4.78, 5) is 37.1. The van der Waals surface area contributed by atoms with Gasteiger partial charge in [-0.25, -0.2) is 0 Å². The minimum atomic E-state index is -0.335. The summed E-state index contributed by atoms with van der Waals surface area (Å²) in [6.07, 6.45) is 21.4. The molecule has 13 atom stereocenters. The van der Waals surface area contributed by atoms with Crippen molar-refractivity contribution in [3.05, 3.63) is 0 Å². The minimum Gasteiger partial charge on any atom is -0.459 e. The zero-order valence-electron chi connectivity index (χ0n) is 37.5. The number of rotatable bonds is 11. The molecular formula is C49H82O6. The van der Waals surface area contributed by atoms with Crippen LogP contribution in [0.3, 0.4) is 0 Å². The maximum Gasteiger partial charge on any atom is 0.312 e. The number of carbonyl (C=O) groups excluding carboxylic acids is 3. The standard InChI is InChI=1S/C20H32O2.C15H26O2.C14H24O2/c1-5-19(3,4)18(21)22-20(6-2)11-14-10-15(20)17-13-8-7-12(9-13)16(14)17;1-5-14(3,4)13(16)17-15(6-2)10-11-7-8-12(15)9-11;1-5-13(2,3)12(15)16-14(4)9-10-6-7-11(14)8-10/h12-17H,5-11H2,1-4H3;11-12H,5-10H2,1-4H3;10-11H,5-9H2,1-4H3. The molecule has 314 valence electrons. The van der Waals surface area contributed by atoms with Gasteiger partial charge in [0.2, 0.25) is 0 Å². The van der Waals surface area contributed by atoms with Crippen LogP contribution in [0.25, 0.3) is 0 Å². The second-order valence-corrected chi connectivity index (χ2v) is 22.5. The Hall–Kier alpha value is -1.59. The van der Waals surface area contributed by atoms with Crippen molar-refractivity contribution in [2.24, 2.45) is 75.4 Å². The van der Waals surface area contributed by atoms with Crippen molar-refractivity contribution in [2.45, 2.75) is 215 Å². The normalized spacial score (nSPS) is 41.7. The molecule has 8 bridgehead atoms. The van der Waals surface area contributed by atoms with Gasteiger partial charge in [-0.2, -0.15) is 0 Å². The summed E-state index contributed by atoms with van der Waals surface area (Å²) in [6.45, 7) is 24.8. The van der Waals surface area contributed by atoms with Gasteiger partial charge in [0, 0.05) is 5.92 Å². The van der Waals surface area contributed by atoms with Gasteiger partial charge >= 0.3 is 17.9 Å². The molecule has 55 heavy (non-hydrogen) atoms. The van der Waals surface area contributed by atoms with Crippen LogP contribution in [-0.4, -0.2) is 34.7 Å². The lowest BCUT2D eigenvalue weighted by molar-refractivity contribution is -0.183. The van der Waals surface area contributed by atoms with Crippen molar-refractivity contribution >= 4 is 17.9 Å². The van der Waals surface area contributed by atoms with Crippen LogP contribution in [0, 0.1) is 75.4 Å². The first kappa shape index (κ1) is 43.0. The van der Waals surface area contributed by atoms with E-state index in [2.05, 4.69) is 34.6 Å². The summed E-state index contributed by atoms with van der Waals surface area (Å²) in [7, 11) is 0. The molecule has 8 aliphatic carbocycles. The number of ether oxygens (including phenoxy) is 3. The molecule has 6 nitrogen and oxygen atoms in total. The van der Waals surface area contributed by atoms with Gasteiger partial charge in [0.15, 0.2) is 0 Å². The average Bonchev–Trinajstić information content (AvgIpc) is 4.02. The van der Waals surface area contributed by atoms with Crippen molar-refractivity contribution in [1.82, 2.24) is 0 Å². The molecule has 0 amide bonds. The van der Waals surface area contributed by atoms with E-state index in [0.717, 1.165) is 92.8 Å². The van der Waals surface area contributed by atoms with E-state index in [1.54, 1.807) is 0 Å². The van der Waals surface area contributed by atoms with Crippen LogP contribution in [0.2, 0.25) is 0 Å². The van der Waals surface area contributed by atoms with Gasteiger partial charge in [-0.15, -0.1) is 0 Å². The number of carbonyl (C=O) groups is 3. The number of hydrogen-bond donors (Lipinski definition) is 0. The number of hydrogen-bond acceptors (Lipinski definition) is 6. The second kappa shape index (κ2) is 15.5. The second-order valence-electron chi connectivity index (χ2n) is 22.5. The highest BCUT2D eigenvalue weighted by Gasteiger charge is 2.68. The molecule has 6 heteroatoms. The largest absolute Gasteiger partial charge is 0.459 e. The molecule has 0 aromatic carbocycles. The van der Waals surface area contributed by atoms with Crippen LogP contribution in [0.1, 0.15) is 199 Å². The van der Waals surface area contributed by atoms with Crippen molar-refractivity contribution in [1.29, 1.82) is 0 Å². The van der Waals surface area contributed by atoms with Crippen LogP contribution < -0.4 is 0 Å². The Balaban J connectivity index is 0.000000143. The van der Waals surface area contributed by atoms with Crippen LogP contribution in [-0.2, 0) is 28.6 Å². The number of fused-ring (bicyclic) bond motifs is 13. The Morgan fingerprint density at radius 2 is 0.982 bits per heavy atom. The summed E-state index contributed by atoms with van der Waals surface area (Å²) in [5, 5.41) is 0. The molecule has 8 aliphatic rings. The third-order valence-electron chi connectivity index (χ3n) is 18.3. The van der Waals surface area contributed by atoms with E-state index in [4.69, 9.17) is 14.2 Å². The topological polar surface area (TPSA) is 78.9 Å². The molecule has 0 saturated heterocycles. The molecule has 0 aliphatic heterocycles. The highest BCUT2D eigenvalue weighted by molar-refractivity contribution is 5.77. The average molecular weight is 767 g/mol. The lowest BCUT2D eigenvalue weighted by atomic mass is 9.65. The Bertz CT molecular complexity index is 1410. The maximum absolute atomic E-state index is 12.7. The van der Waals surface area contributed by atoms with E-state index in [1.165, 1.54) is 64.2 Å². The summed E-state index contributed by atoms with van der Waals surface area (Å²) in [6, 6.07) is 0. The van der Waals surface area contributed by atoms with E-state index >= 15 is 0 Å². The number of esters is 3. The zero-order valence-corrected chi connectivity index (χ0v) is 37.5. The first-order chi connectivity index (χ1) is 25.7. The predicted octanol–water partition coefficient (Wildman–Crippen LogP) is 12.3. The van der Waals surface area contributed by atoms with Crippen molar-refractivity contribution in [3.63, 3.8) is 0 Å². The molecular weight excluding hydrogens is 685 g/mol. The van der Waals surface area contributed by atoms with Gasteiger partial charge in [-0.3, -0.25) is 14.4 Å². The first-order valence-corrected chi connectivity index (χ1v) is 23.4. The fourth-order valence-electron chi connectivity index (χ4n) is 13.4. The molecule has 0 aromatic heterocycles. The molecule has 0 N–H and O–H groups in total. The minimum absolute atomic E-state index is 0.00870. The molecule has 8 fully saturated rings. The first-order valence-electron chi connectivity index (χ1n) is 23.4. The van der Waals surface area contributed by atoms with Crippen molar-refractivity contribution < 1.29 is 28.6 Å². The van der Waals surface area contributed by atoms with Crippen molar-refractivity contribution in [3.8, 4) is 0 Å². The lowest BCUT2D eigenvalue weighted by Crippen LogP contribution is -2.49. The summed E-state index contributed by atoms with van der Waals surface area (Å²) < 4.78 is 18.2. The Labute approximate surface area is 336 Å². The molecule has 13 unspecified atom stereocenters. The smallest absolute Gasteiger partial charge is 0.312 e. The van der Waals surface area contributed by atoms with Crippen LogP contribution in [0.15, 0.2) is 0 Å². The fourth-order valence-corrected chi connectivity index (χ4v) is 13.4. The Kier molecular flexibility index (Phi) is 12.2. The third kappa shape index (κ3) is 7.83. The molecule has 8 saturated carbocycles. The van der Waals surface area contributed by atoms with Gasteiger partial charge in [-0.05, 0) is 217 Å². The van der Waals surface area contributed by atoms with E-state index in [0.29, 0.717) is 17.8 Å². The van der Waals surface area contributed by atoms with E-state index in [-0.39, 0.29) is 51.0 Å². The van der Waals surface area contributed by atoms with Crippen LogP contribution in [0.4, 0.5) is 0 Å². The Morgan fingerprint density at radius 3 is 1.42 bits per heavy atom. The van der Waals surface area contributed by atoms with Gasteiger partial charge in [0.05, 0.1) is 16.2 Å². The zero-order chi connectivity index (χ0) is 40.4. The van der Waals surface area contributed by atoms with Crippen molar-refractivity contribution in [2.75, 3.05) is 0 Å². The van der Waals surface area contributed by atoms with E-state index in [9.17, 15) is 14.4 Å². The molecule has 0 spiro atoms.